The monoisotopic (exact) mass is 441 g/mol. The highest BCUT2D eigenvalue weighted by Gasteiger charge is 2.38. The molecule has 2 aliphatic heterocycles. The zero-order chi connectivity index (χ0) is 21.6. The van der Waals surface area contributed by atoms with Crippen LogP contribution in [-0.2, 0) is 14.3 Å². The Kier molecular flexibility index (Phi) is 5.08. The summed E-state index contributed by atoms with van der Waals surface area (Å²) in [4.78, 5) is 27.3. The highest BCUT2D eigenvalue weighted by Crippen LogP contribution is 2.33. The molecule has 0 bridgehead atoms. The van der Waals surface area contributed by atoms with E-state index < -0.39 is 6.04 Å². The Balaban J connectivity index is 1.45. The highest BCUT2D eigenvalue weighted by molar-refractivity contribution is 6.33. The van der Waals surface area contributed by atoms with E-state index in [4.69, 9.17) is 21.1 Å². The Labute approximate surface area is 184 Å². The first-order chi connectivity index (χ1) is 14.9. The molecule has 0 aliphatic carbocycles. The standard InChI is InChI=1S/C22H24ClN5O3/c1-22(2)12-28(10-19-25-5-6-30-19)18(11-31-22)21(29)27-16-8-13(23)7-15-14-3-4-24-9-17(14)26-20(15)16/h3-4,7-9,18,26H,5-6,10-12H2,1-2H3,(H,27,29)/t18-/m0/s1. The van der Waals surface area contributed by atoms with Gasteiger partial charge in [0.1, 0.15) is 12.6 Å². The van der Waals surface area contributed by atoms with Crippen molar-refractivity contribution in [3.8, 4) is 0 Å². The van der Waals surface area contributed by atoms with Gasteiger partial charge in [-0.3, -0.25) is 19.7 Å². The van der Waals surface area contributed by atoms with Gasteiger partial charge in [0.15, 0.2) is 5.90 Å². The van der Waals surface area contributed by atoms with Crippen LogP contribution in [0.3, 0.4) is 0 Å². The van der Waals surface area contributed by atoms with E-state index in [1.54, 1.807) is 18.5 Å². The molecule has 4 heterocycles. The minimum Gasteiger partial charge on any atom is -0.478 e. The molecular weight excluding hydrogens is 418 g/mol. The lowest BCUT2D eigenvalue weighted by Gasteiger charge is -2.42. The number of rotatable bonds is 4. The van der Waals surface area contributed by atoms with Crippen molar-refractivity contribution in [3.63, 3.8) is 0 Å². The molecule has 1 amide bonds. The molecule has 0 radical (unpaired) electrons. The molecule has 2 N–H and O–H groups in total. The maximum atomic E-state index is 13.4. The Morgan fingerprint density at radius 1 is 1.39 bits per heavy atom. The third kappa shape index (κ3) is 3.98. The number of amides is 1. The molecule has 162 valence electrons. The molecule has 2 aliphatic rings. The van der Waals surface area contributed by atoms with E-state index >= 15 is 0 Å². The third-order valence-corrected chi connectivity index (χ3v) is 5.90. The van der Waals surface area contributed by atoms with Crippen molar-refractivity contribution >= 4 is 50.9 Å². The van der Waals surface area contributed by atoms with Crippen molar-refractivity contribution in [2.75, 3.05) is 38.2 Å². The summed E-state index contributed by atoms with van der Waals surface area (Å²) in [6, 6.07) is 5.10. The van der Waals surface area contributed by atoms with Gasteiger partial charge in [0.2, 0.25) is 5.91 Å². The van der Waals surface area contributed by atoms with Crippen LogP contribution in [0.1, 0.15) is 13.8 Å². The molecule has 0 unspecified atom stereocenters. The summed E-state index contributed by atoms with van der Waals surface area (Å²) in [5, 5.41) is 5.55. The van der Waals surface area contributed by atoms with Crippen LogP contribution in [0.15, 0.2) is 35.6 Å². The normalized spacial score (nSPS) is 21.3. The van der Waals surface area contributed by atoms with Gasteiger partial charge in [-0.2, -0.15) is 0 Å². The van der Waals surface area contributed by atoms with Crippen LogP contribution in [0.4, 0.5) is 5.69 Å². The van der Waals surface area contributed by atoms with Crippen molar-refractivity contribution in [3.05, 3.63) is 35.6 Å². The topological polar surface area (TPSA) is 91.8 Å². The molecule has 0 saturated carbocycles. The molecule has 1 saturated heterocycles. The van der Waals surface area contributed by atoms with Gasteiger partial charge in [0.05, 0.1) is 48.2 Å². The minimum absolute atomic E-state index is 0.158. The van der Waals surface area contributed by atoms with Crippen LogP contribution in [-0.4, -0.2) is 71.2 Å². The summed E-state index contributed by atoms with van der Waals surface area (Å²) < 4.78 is 11.6. The van der Waals surface area contributed by atoms with Crippen molar-refractivity contribution < 1.29 is 14.3 Å². The number of hydrogen-bond donors (Lipinski definition) is 2. The molecule has 1 atom stereocenters. The Morgan fingerprint density at radius 2 is 2.26 bits per heavy atom. The molecular formula is C22H24ClN5O3. The Hall–Kier alpha value is -2.68. The quantitative estimate of drug-likeness (QED) is 0.648. The molecule has 1 fully saturated rings. The zero-order valence-electron chi connectivity index (χ0n) is 17.4. The first-order valence-corrected chi connectivity index (χ1v) is 10.7. The Bertz CT molecular complexity index is 1190. The fraction of sp³-hybridized carbons (Fsp3) is 0.409. The smallest absolute Gasteiger partial charge is 0.244 e. The van der Waals surface area contributed by atoms with E-state index in [-0.39, 0.29) is 18.1 Å². The van der Waals surface area contributed by atoms with E-state index in [0.717, 1.165) is 21.8 Å². The van der Waals surface area contributed by atoms with E-state index in [1.165, 1.54) is 0 Å². The van der Waals surface area contributed by atoms with Crippen LogP contribution in [0.25, 0.3) is 21.8 Å². The van der Waals surface area contributed by atoms with Gasteiger partial charge in [0, 0.05) is 28.5 Å². The predicted octanol–water partition coefficient (Wildman–Crippen LogP) is 3.22. The number of morpholine rings is 1. The summed E-state index contributed by atoms with van der Waals surface area (Å²) in [5.41, 5.74) is 1.97. The number of carbonyl (C=O) groups is 1. The number of halogens is 1. The van der Waals surface area contributed by atoms with Crippen LogP contribution in [0.5, 0.6) is 0 Å². The average Bonchev–Trinajstić information content (AvgIpc) is 3.35. The number of nitrogens with one attached hydrogen (secondary N) is 2. The van der Waals surface area contributed by atoms with Crippen LogP contribution in [0, 0.1) is 0 Å². The van der Waals surface area contributed by atoms with E-state index in [1.807, 2.05) is 26.0 Å². The number of fused-ring (bicyclic) bond motifs is 3. The van der Waals surface area contributed by atoms with E-state index in [9.17, 15) is 4.79 Å². The average molecular weight is 442 g/mol. The number of aromatic nitrogens is 2. The molecule has 9 heteroatoms. The summed E-state index contributed by atoms with van der Waals surface area (Å²) in [7, 11) is 0. The molecule has 3 aromatic rings. The zero-order valence-corrected chi connectivity index (χ0v) is 18.2. The second-order valence-corrected chi connectivity index (χ2v) is 8.96. The van der Waals surface area contributed by atoms with Gasteiger partial charge in [-0.1, -0.05) is 11.6 Å². The fourth-order valence-corrected chi connectivity index (χ4v) is 4.46. The van der Waals surface area contributed by atoms with E-state index in [0.29, 0.717) is 42.8 Å². The third-order valence-electron chi connectivity index (χ3n) is 5.68. The van der Waals surface area contributed by atoms with Crippen molar-refractivity contribution in [2.24, 2.45) is 4.99 Å². The molecule has 1 aromatic carbocycles. The lowest BCUT2D eigenvalue weighted by atomic mass is 10.0. The van der Waals surface area contributed by atoms with Crippen molar-refractivity contribution in [2.45, 2.75) is 25.5 Å². The number of anilines is 1. The first kappa shape index (κ1) is 20.2. The lowest BCUT2D eigenvalue weighted by Crippen LogP contribution is -2.59. The van der Waals surface area contributed by atoms with Crippen LogP contribution in [0.2, 0.25) is 5.02 Å². The molecule has 31 heavy (non-hydrogen) atoms. The lowest BCUT2D eigenvalue weighted by molar-refractivity contribution is -0.141. The highest BCUT2D eigenvalue weighted by atomic mass is 35.5. The second-order valence-electron chi connectivity index (χ2n) is 8.53. The van der Waals surface area contributed by atoms with Gasteiger partial charge < -0.3 is 19.8 Å². The Morgan fingerprint density at radius 3 is 3.06 bits per heavy atom. The molecule has 0 spiro atoms. The number of ether oxygens (including phenoxy) is 2. The maximum Gasteiger partial charge on any atom is 0.244 e. The van der Waals surface area contributed by atoms with Crippen molar-refractivity contribution in [1.82, 2.24) is 14.9 Å². The summed E-state index contributed by atoms with van der Waals surface area (Å²) in [5.74, 6) is 0.512. The van der Waals surface area contributed by atoms with Gasteiger partial charge >= 0.3 is 0 Å². The maximum absolute atomic E-state index is 13.4. The van der Waals surface area contributed by atoms with Crippen molar-refractivity contribution in [1.29, 1.82) is 0 Å². The summed E-state index contributed by atoms with van der Waals surface area (Å²) >= 11 is 6.38. The number of nitrogens with zero attached hydrogens (tertiary/aromatic N) is 3. The largest absolute Gasteiger partial charge is 0.478 e. The second kappa shape index (κ2) is 7.78. The molecule has 2 aromatic heterocycles. The van der Waals surface area contributed by atoms with Gasteiger partial charge in [-0.25, -0.2) is 0 Å². The number of carbonyl (C=O) groups excluding carboxylic acids is 1. The summed E-state index contributed by atoms with van der Waals surface area (Å²) in [6.07, 6.45) is 3.50. The number of H-pyrrole nitrogens is 1. The number of aromatic amines is 1. The van der Waals surface area contributed by atoms with Gasteiger partial charge in [-0.05, 0) is 32.0 Å². The number of hydrogen-bond acceptors (Lipinski definition) is 6. The predicted molar refractivity (Wildman–Crippen MR) is 121 cm³/mol. The van der Waals surface area contributed by atoms with Crippen LogP contribution < -0.4 is 5.32 Å². The first-order valence-electron chi connectivity index (χ1n) is 10.3. The molecule has 8 nitrogen and oxygen atoms in total. The van der Waals surface area contributed by atoms with Crippen LogP contribution >= 0.6 is 11.6 Å². The van der Waals surface area contributed by atoms with Gasteiger partial charge in [0.25, 0.3) is 0 Å². The number of aliphatic imine (C=N–C) groups is 1. The number of pyridine rings is 1. The SMILES string of the molecule is CC1(C)CN(CC2=NCCO2)[C@H](C(=O)Nc2cc(Cl)cc3c2[nH]c2cnccc23)CO1. The minimum atomic E-state index is -0.472. The van der Waals surface area contributed by atoms with Gasteiger partial charge in [-0.15, -0.1) is 0 Å². The fourth-order valence-electron chi connectivity index (χ4n) is 4.24. The van der Waals surface area contributed by atoms with E-state index in [2.05, 4.69) is 25.2 Å². The molecule has 5 rings (SSSR count). The summed E-state index contributed by atoms with van der Waals surface area (Å²) in [6.45, 7) is 6.65. The number of benzene rings is 1.